The number of carbonyl (C=O) groups is 1. The van der Waals surface area contributed by atoms with Gasteiger partial charge in [-0.25, -0.2) is 5.10 Å². The molecule has 0 bridgehead atoms. The monoisotopic (exact) mass is 387 g/mol. The summed E-state index contributed by atoms with van der Waals surface area (Å²) in [7, 11) is 0. The van der Waals surface area contributed by atoms with Gasteiger partial charge in [0.25, 0.3) is 5.56 Å². The van der Waals surface area contributed by atoms with Crippen LogP contribution in [0.15, 0.2) is 65.6 Å². The van der Waals surface area contributed by atoms with Crippen LogP contribution in [0.5, 0.6) is 0 Å². The standard InChI is InChI=1S/C22H21N5O2/c1-14-13-27(15(2)16-8-4-3-5-9-16)26-21(14)23-20(28)12-19-17-10-6-7-11-18(17)22(29)25-24-19/h3-11,13,15H,12H2,1-2H3,(H,25,29)(H,23,26,28). The summed E-state index contributed by atoms with van der Waals surface area (Å²) >= 11 is 0. The van der Waals surface area contributed by atoms with Crippen LogP contribution in [0.1, 0.15) is 29.8 Å². The molecule has 0 aliphatic heterocycles. The van der Waals surface area contributed by atoms with Gasteiger partial charge in [-0.15, -0.1) is 0 Å². The number of fused-ring (bicyclic) bond motifs is 1. The normalized spacial score (nSPS) is 12.1. The second-order valence-corrected chi connectivity index (χ2v) is 7.00. The molecule has 0 saturated heterocycles. The molecular weight excluding hydrogens is 366 g/mol. The quantitative estimate of drug-likeness (QED) is 0.550. The van der Waals surface area contributed by atoms with Crippen LogP contribution in [0.3, 0.4) is 0 Å². The van der Waals surface area contributed by atoms with Crippen molar-refractivity contribution in [3.63, 3.8) is 0 Å². The number of nitrogens with zero attached hydrogens (tertiary/aromatic N) is 3. The second-order valence-electron chi connectivity index (χ2n) is 7.00. The van der Waals surface area contributed by atoms with Gasteiger partial charge in [0.15, 0.2) is 5.82 Å². The van der Waals surface area contributed by atoms with E-state index in [1.165, 1.54) is 0 Å². The fraction of sp³-hybridized carbons (Fsp3) is 0.182. The summed E-state index contributed by atoms with van der Waals surface area (Å²) in [5.41, 5.74) is 2.26. The van der Waals surface area contributed by atoms with Gasteiger partial charge in [-0.2, -0.15) is 10.2 Å². The van der Waals surface area contributed by atoms with Crippen molar-refractivity contribution in [2.24, 2.45) is 0 Å². The number of hydrogen-bond donors (Lipinski definition) is 2. The van der Waals surface area contributed by atoms with Crippen LogP contribution in [0, 0.1) is 6.92 Å². The molecule has 29 heavy (non-hydrogen) atoms. The van der Waals surface area contributed by atoms with Gasteiger partial charge in [-0.05, 0) is 25.5 Å². The maximum absolute atomic E-state index is 12.6. The Morgan fingerprint density at radius 2 is 1.79 bits per heavy atom. The number of H-pyrrole nitrogens is 1. The highest BCUT2D eigenvalue weighted by molar-refractivity contribution is 5.95. The number of aryl methyl sites for hydroxylation is 1. The van der Waals surface area contributed by atoms with Crippen LogP contribution >= 0.6 is 0 Å². The smallest absolute Gasteiger partial charge is 0.272 e. The molecular formula is C22H21N5O2. The van der Waals surface area contributed by atoms with Gasteiger partial charge in [0.05, 0.1) is 23.5 Å². The van der Waals surface area contributed by atoms with Crippen molar-refractivity contribution in [3.8, 4) is 0 Å². The molecule has 0 aliphatic rings. The molecule has 2 N–H and O–H groups in total. The number of rotatable bonds is 5. The first-order chi connectivity index (χ1) is 14.0. The molecule has 4 rings (SSSR count). The van der Waals surface area contributed by atoms with Crippen LogP contribution in [-0.2, 0) is 11.2 Å². The molecule has 0 aliphatic carbocycles. The minimum absolute atomic E-state index is 0.0395. The Hall–Kier alpha value is -3.74. The van der Waals surface area contributed by atoms with Gasteiger partial charge < -0.3 is 5.32 Å². The van der Waals surface area contributed by atoms with E-state index in [4.69, 9.17) is 0 Å². The maximum Gasteiger partial charge on any atom is 0.272 e. The SMILES string of the molecule is Cc1cn(C(C)c2ccccc2)nc1NC(=O)Cc1n[nH]c(=O)c2ccccc12. The van der Waals surface area contributed by atoms with Crippen molar-refractivity contribution in [1.29, 1.82) is 0 Å². The molecule has 7 nitrogen and oxygen atoms in total. The summed E-state index contributed by atoms with van der Waals surface area (Å²) in [5, 5.41) is 15.1. The zero-order valence-corrected chi connectivity index (χ0v) is 16.2. The molecule has 0 spiro atoms. The molecule has 4 aromatic rings. The molecule has 2 aromatic heterocycles. The summed E-state index contributed by atoms with van der Waals surface area (Å²) in [4.78, 5) is 24.5. The lowest BCUT2D eigenvalue weighted by molar-refractivity contribution is -0.115. The van der Waals surface area contributed by atoms with Crippen LogP contribution < -0.4 is 10.9 Å². The Morgan fingerprint density at radius 1 is 1.10 bits per heavy atom. The third-order valence-corrected chi connectivity index (χ3v) is 4.95. The van der Waals surface area contributed by atoms with Crippen molar-refractivity contribution < 1.29 is 4.79 Å². The van der Waals surface area contributed by atoms with Gasteiger partial charge in [0.2, 0.25) is 5.91 Å². The molecule has 1 atom stereocenters. The topological polar surface area (TPSA) is 92.7 Å². The first-order valence-corrected chi connectivity index (χ1v) is 9.40. The van der Waals surface area contributed by atoms with E-state index in [0.29, 0.717) is 22.3 Å². The van der Waals surface area contributed by atoms with E-state index >= 15 is 0 Å². The number of aromatic nitrogens is 4. The summed E-state index contributed by atoms with van der Waals surface area (Å²) in [6, 6.07) is 17.2. The van der Waals surface area contributed by atoms with Gasteiger partial charge in [-0.1, -0.05) is 48.5 Å². The molecule has 0 saturated carbocycles. The molecule has 1 unspecified atom stereocenters. The van der Waals surface area contributed by atoms with Gasteiger partial charge in [-0.3, -0.25) is 14.3 Å². The predicted molar refractivity (Wildman–Crippen MR) is 112 cm³/mol. The highest BCUT2D eigenvalue weighted by Crippen LogP contribution is 2.21. The zero-order chi connectivity index (χ0) is 20.4. The average Bonchev–Trinajstić information content (AvgIpc) is 3.10. The number of anilines is 1. The predicted octanol–water partition coefficient (Wildman–Crippen LogP) is 3.22. The Balaban J connectivity index is 1.53. The zero-order valence-electron chi connectivity index (χ0n) is 16.2. The Kier molecular flexibility index (Phi) is 4.95. The van der Waals surface area contributed by atoms with Crippen molar-refractivity contribution >= 4 is 22.5 Å². The first kappa shape index (κ1) is 18.6. The highest BCUT2D eigenvalue weighted by Gasteiger charge is 2.16. The van der Waals surface area contributed by atoms with E-state index in [-0.39, 0.29) is 23.9 Å². The van der Waals surface area contributed by atoms with E-state index in [2.05, 4.69) is 27.5 Å². The molecule has 2 heterocycles. The summed E-state index contributed by atoms with van der Waals surface area (Å²) < 4.78 is 1.84. The first-order valence-electron chi connectivity index (χ1n) is 9.40. The maximum atomic E-state index is 12.6. The largest absolute Gasteiger partial charge is 0.309 e. The van der Waals surface area contributed by atoms with Gasteiger partial charge in [0.1, 0.15) is 0 Å². The molecule has 0 fully saturated rings. The van der Waals surface area contributed by atoms with E-state index < -0.39 is 0 Å². The van der Waals surface area contributed by atoms with E-state index in [1.54, 1.807) is 18.2 Å². The lowest BCUT2D eigenvalue weighted by Gasteiger charge is -2.12. The fourth-order valence-electron chi connectivity index (χ4n) is 3.32. The molecule has 2 aromatic carbocycles. The Bertz CT molecular complexity index is 1230. The van der Waals surface area contributed by atoms with Crippen LogP contribution in [0.25, 0.3) is 10.8 Å². The summed E-state index contributed by atoms with van der Waals surface area (Å²) in [6.07, 6.45) is 1.96. The van der Waals surface area contributed by atoms with Crippen molar-refractivity contribution in [2.45, 2.75) is 26.3 Å². The number of nitrogens with one attached hydrogen (secondary N) is 2. The minimum atomic E-state index is -0.269. The fourth-order valence-corrected chi connectivity index (χ4v) is 3.32. The third-order valence-electron chi connectivity index (χ3n) is 4.95. The summed E-state index contributed by atoms with van der Waals surface area (Å²) in [6.45, 7) is 3.97. The average molecular weight is 387 g/mol. The Labute approximate surface area is 167 Å². The number of hydrogen-bond acceptors (Lipinski definition) is 4. The second kappa shape index (κ2) is 7.71. The number of carbonyl (C=O) groups excluding carboxylic acids is 1. The Morgan fingerprint density at radius 3 is 2.55 bits per heavy atom. The number of amides is 1. The summed E-state index contributed by atoms with van der Waals surface area (Å²) in [5.74, 6) is 0.280. The van der Waals surface area contributed by atoms with E-state index in [0.717, 1.165) is 11.1 Å². The number of benzene rings is 2. The van der Waals surface area contributed by atoms with Crippen LogP contribution in [-0.4, -0.2) is 25.9 Å². The molecule has 7 heteroatoms. The molecule has 0 radical (unpaired) electrons. The minimum Gasteiger partial charge on any atom is -0.309 e. The van der Waals surface area contributed by atoms with Gasteiger partial charge in [0, 0.05) is 17.1 Å². The number of aromatic amines is 1. The van der Waals surface area contributed by atoms with Gasteiger partial charge >= 0.3 is 0 Å². The van der Waals surface area contributed by atoms with Crippen molar-refractivity contribution in [1.82, 2.24) is 20.0 Å². The molecule has 1 amide bonds. The third kappa shape index (κ3) is 3.80. The lowest BCUT2D eigenvalue weighted by Crippen LogP contribution is -2.19. The van der Waals surface area contributed by atoms with E-state index in [1.807, 2.05) is 54.2 Å². The lowest BCUT2D eigenvalue weighted by atomic mass is 10.1. The van der Waals surface area contributed by atoms with Crippen molar-refractivity contribution in [2.75, 3.05) is 5.32 Å². The van der Waals surface area contributed by atoms with E-state index in [9.17, 15) is 9.59 Å². The van der Waals surface area contributed by atoms with Crippen LogP contribution in [0.2, 0.25) is 0 Å². The van der Waals surface area contributed by atoms with Crippen LogP contribution in [0.4, 0.5) is 5.82 Å². The van der Waals surface area contributed by atoms with Crippen molar-refractivity contribution in [3.05, 3.63) is 88.0 Å². The highest BCUT2D eigenvalue weighted by atomic mass is 16.1. The molecule has 146 valence electrons.